The normalized spacial score (nSPS) is 17.0. The van der Waals surface area contributed by atoms with Crippen molar-refractivity contribution in [3.05, 3.63) is 66.4 Å². The van der Waals surface area contributed by atoms with Crippen molar-refractivity contribution < 1.29 is 22.8 Å². The van der Waals surface area contributed by atoms with E-state index in [0.29, 0.717) is 5.69 Å². The molecule has 2 heterocycles. The monoisotopic (exact) mass is 399 g/mol. The Morgan fingerprint density at radius 2 is 1.90 bits per heavy atom. The maximum atomic E-state index is 12.9. The number of anilines is 2. The first kappa shape index (κ1) is 18.9. The zero-order valence-electron chi connectivity index (χ0n) is 15.1. The molecule has 0 unspecified atom stereocenters. The molecule has 2 aromatic carbocycles. The van der Waals surface area contributed by atoms with E-state index in [-0.39, 0.29) is 30.5 Å². The Kier molecular flexibility index (Phi) is 4.70. The first-order valence-corrected chi connectivity index (χ1v) is 8.94. The first-order chi connectivity index (χ1) is 13.8. The summed E-state index contributed by atoms with van der Waals surface area (Å²) < 4.78 is 38.8. The highest BCUT2D eigenvalue weighted by Crippen LogP contribution is 2.33. The molecule has 1 atom stereocenters. The van der Waals surface area contributed by atoms with Crippen molar-refractivity contribution in [2.75, 3.05) is 16.8 Å². The number of carbonyl (C=O) groups is 2. The molecule has 29 heavy (non-hydrogen) atoms. The predicted molar refractivity (Wildman–Crippen MR) is 102 cm³/mol. The molecule has 0 saturated carbocycles. The van der Waals surface area contributed by atoms with Gasteiger partial charge in [0.15, 0.2) is 0 Å². The molecule has 5 nitrogen and oxygen atoms in total. The van der Waals surface area contributed by atoms with E-state index in [0.717, 1.165) is 23.0 Å². The van der Waals surface area contributed by atoms with Crippen LogP contribution in [0.4, 0.5) is 24.5 Å². The lowest BCUT2D eigenvalue weighted by molar-refractivity contribution is -0.137. The van der Waals surface area contributed by atoms with Gasteiger partial charge in [0.25, 0.3) is 0 Å². The first-order valence-electron chi connectivity index (χ1n) is 8.94. The third kappa shape index (κ3) is 3.91. The van der Waals surface area contributed by atoms with Crippen LogP contribution in [-0.2, 0) is 15.8 Å². The van der Waals surface area contributed by atoms with Gasteiger partial charge in [0.2, 0.25) is 11.8 Å². The van der Waals surface area contributed by atoms with Gasteiger partial charge < -0.3 is 10.2 Å². The SMILES string of the molecule is O=C(Nc1cnc2ccccc2c1)[C@@H]1CC(=O)N(c2cccc(C(F)(F)F)c2)C1. The number of benzene rings is 2. The topological polar surface area (TPSA) is 62.3 Å². The molecule has 148 valence electrons. The maximum absolute atomic E-state index is 12.9. The second-order valence-electron chi connectivity index (χ2n) is 6.86. The highest BCUT2D eigenvalue weighted by atomic mass is 19.4. The number of halogens is 3. The number of aromatic nitrogens is 1. The molecule has 1 aliphatic heterocycles. The number of alkyl halides is 3. The molecule has 1 saturated heterocycles. The Labute approximate surface area is 164 Å². The smallest absolute Gasteiger partial charge is 0.324 e. The average Bonchev–Trinajstić information content (AvgIpc) is 3.09. The molecular weight excluding hydrogens is 383 g/mol. The van der Waals surface area contributed by atoms with Crippen molar-refractivity contribution in [3.8, 4) is 0 Å². The van der Waals surface area contributed by atoms with Crippen LogP contribution in [0.15, 0.2) is 60.8 Å². The van der Waals surface area contributed by atoms with Crippen LogP contribution in [-0.4, -0.2) is 23.3 Å². The van der Waals surface area contributed by atoms with Crippen LogP contribution in [0.5, 0.6) is 0 Å². The Balaban J connectivity index is 1.49. The number of pyridine rings is 1. The molecule has 0 bridgehead atoms. The minimum absolute atomic E-state index is 0.0208. The quantitative estimate of drug-likeness (QED) is 0.717. The summed E-state index contributed by atoms with van der Waals surface area (Å²) >= 11 is 0. The van der Waals surface area contributed by atoms with Gasteiger partial charge in [0, 0.05) is 24.0 Å². The number of hydrogen-bond donors (Lipinski definition) is 1. The third-order valence-corrected chi connectivity index (χ3v) is 4.84. The van der Waals surface area contributed by atoms with E-state index in [2.05, 4.69) is 10.3 Å². The van der Waals surface area contributed by atoms with E-state index < -0.39 is 17.7 Å². The maximum Gasteiger partial charge on any atom is 0.416 e. The molecule has 1 fully saturated rings. The standard InChI is InChI=1S/C21H16F3N3O2/c22-21(23,24)15-5-3-6-17(10-15)27-12-14(9-19(27)28)20(29)26-16-8-13-4-1-2-7-18(13)25-11-16/h1-8,10-11,14H,9,12H2,(H,26,29)/t14-/m1/s1. The number of nitrogens with zero attached hydrogens (tertiary/aromatic N) is 2. The minimum Gasteiger partial charge on any atom is -0.324 e. The number of hydrogen-bond acceptors (Lipinski definition) is 3. The Bertz CT molecular complexity index is 1100. The number of rotatable bonds is 3. The van der Waals surface area contributed by atoms with Crippen molar-refractivity contribution in [2.45, 2.75) is 12.6 Å². The molecule has 0 spiro atoms. The van der Waals surface area contributed by atoms with Gasteiger partial charge in [0.1, 0.15) is 0 Å². The van der Waals surface area contributed by atoms with E-state index >= 15 is 0 Å². The highest BCUT2D eigenvalue weighted by molar-refractivity contribution is 6.04. The summed E-state index contributed by atoms with van der Waals surface area (Å²) in [7, 11) is 0. The van der Waals surface area contributed by atoms with Crippen LogP contribution < -0.4 is 10.2 Å². The molecule has 1 aromatic heterocycles. The fourth-order valence-corrected chi connectivity index (χ4v) is 3.37. The van der Waals surface area contributed by atoms with Gasteiger partial charge in [-0.15, -0.1) is 0 Å². The Morgan fingerprint density at radius 1 is 1.10 bits per heavy atom. The summed E-state index contributed by atoms with van der Waals surface area (Å²) in [5.74, 6) is -1.42. The largest absolute Gasteiger partial charge is 0.416 e. The van der Waals surface area contributed by atoms with Crippen LogP contribution in [0, 0.1) is 5.92 Å². The van der Waals surface area contributed by atoms with Gasteiger partial charge in [-0.05, 0) is 30.3 Å². The van der Waals surface area contributed by atoms with E-state index in [4.69, 9.17) is 0 Å². The van der Waals surface area contributed by atoms with Crippen LogP contribution in [0.25, 0.3) is 10.9 Å². The summed E-state index contributed by atoms with van der Waals surface area (Å²) in [4.78, 5) is 30.4. The lowest BCUT2D eigenvalue weighted by atomic mass is 10.1. The lowest BCUT2D eigenvalue weighted by Gasteiger charge is -2.18. The summed E-state index contributed by atoms with van der Waals surface area (Å²) in [5, 5.41) is 3.60. The highest BCUT2D eigenvalue weighted by Gasteiger charge is 2.37. The Morgan fingerprint density at radius 3 is 2.69 bits per heavy atom. The lowest BCUT2D eigenvalue weighted by Crippen LogP contribution is -2.28. The molecule has 3 aromatic rings. The van der Waals surface area contributed by atoms with Crippen LogP contribution in [0.3, 0.4) is 0 Å². The van der Waals surface area contributed by atoms with Gasteiger partial charge >= 0.3 is 6.18 Å². The van der Waals surface area contributed by atoms with Gasteiger partial charge in [-0.25, -0.2) is 0 Å². The molecule has 1 N–H and O–H groups in total. The molecule has 0 aliphatic carbocycles. The molecular formula is C21H16F3N3O2. The van der Waals surface area contributed by atoms with E-state index in [1.165, 1.54) is 23.2 Å². The number of para-hydroxylation sites is 1. The minimum atomic E-state index is -4.50. The summed E-state index contributed by atoms with van der Waals surface area (Å²) in [6.45, 7) is 0.0208. The van der Waals surface area contributed by atoms with Gasteiger partial charge in [-0.1, -0.05) is 24.3 Å². The molecule has 4 rings (SSSR count). The number of carbonyl (C=O) groups excluding carboxylic acids is 2. The molecule has 0 radical (unpaired) electrons. The van der Waals surface area contributed by atoms with Crippen LogP contribution in [0.1, 0.15) is 12.0 Å². The van der Waals surface area contributed by atoms with Crippen molar-refractivity contribution in [2.24, 2.45) is 5.92 Å². The molecule has 1 aliphatic rings. The summed E-state index contributed by atoms with van der Waals surface area (Å²) in [5.41, 5.74) is 0.585. The van der Waals surface area contributed by atoms with Crippen molar-refractivity contribution >= 4 is 34.1 Å². The molecule has 8 heteroatoms. The summed E-state index contributed by atoms with van der Waals surface area (Å²) in [6.07, 6.45) is -3.04. The van der Waals surface area contributed by atoms with Crippen molar-refractivity contribution in [1.82, 2.24) is 4.98 Å². The number of amides is 2. The van der Waals surface area contributed by atoms with Gasteiger partial charge in [0.05, 0.1) is 28.9 Å². The van der Waals surface area contributed by atoms with Crippen molar-refractivity contribution in [1.29, 1.82) is 0 Å². The van der Waals surface area contributed by atoms with Crippen LogP contribution >= 0.6 is 0 Å². The number of fused-ring (bicyclic) bond motifs is 1. The van der Waals surface area contributed by atoms with E-state index in [9.17, 15) is 22.8 Å². The second kappa shape index (κ2) is 7.20. The fraction of sp³-hybridized carbons (Fsp3) is 0.190. The average molecular weight is 399 g/mol. The summed E-state index contributed by atoms with van der Waals surface area (Å²) in [6, 6.07) is 13.8. The third-order valence-electron chi connectivity index (χ3n) is 4.84. The van der Waals surface area contributed by atoms with E-state index in [1.54, 1.807) is 6.07 Å². The second-order valence-corrected chi connectivity index (χ2v) is 6.86. The predicted octanol–water partition coefficient (Wildman–Crippen LogP) is 4.25. The fourth-order valence-electron chi connectivity index (χ4n) is 3.37. The molecule has 2 amide bonds. The zero-order valence-corrected chi connectivity index (χ0v) is 15.1. The van der Waals surface area contributed by atoms with Gasteiger partial charge in [-0.3, -0.25) is 14.6 Å². The van der Waals surface area contributed by atoms with Crippen LogP contribution in [0.2, 0.25) is 0 Å². The van der Waals surface area contributed by atoms with Crippen molar-refractivity contribution in [3.63, 3.8) is 0 Å². The van der Waals surface area contributed by atoms with Gasteiger partial charge in [-0.2, -0.15) is 13.2 Å². The Hall–Kier alpha value is -3.42. The zero-order chi connectivity index (χ0) is 20.6. The number of nitrogens with one attached hydrogen (secondary N) is 1. The van der Waals surface area contributed by atoms with E-state index in [1.807, 2.05) is 24.3 Å².